The second-order valence-corrected chi connectivity index (χ2v) is 10.1. The van der Waals surface area contributed by atoms with Crippen molar-refractivity contribution in [1.82, 2.24) is 9.29 Å². The maximum absolute atomic E-state index is 13.3. The Morgan fingerprint density at radius 1 is 1.17 bits per heavy atom. The van der Waals surface area contributed by atoms with Crippen LogP contribution in [0.5, 0.6) is 5.75 Å². The van der Waals surface area contributed by atoms with E-state index in [0.29, 0.717) is 5.52 Å². The van der Waals surface area contributed by atoms with Gasteiger partial charge in [-0.25, -0.2) is 13.1 Å². The third kappa shape index (κ3) is 5.35. The van der Waals surface area contributed by atoms with Crippen molar-refractivity contribution >= 4 is 38.2 Å². The van der Waals surface area contributed by atoms with Crippen molar-refractivity contribution in [1.29, 1.82) is 0 Å². The average Bonchev–Trinajstić information content (AvgIpc) is 3.07. The van der Waals surface area contributed by atoms with Gasteiger partial charge in [-0.05, 0) is 36.2 Å². The number of Topliss-reactive ketones (excluding diaryl/α,β-unsaturated/α-hetero) is 1. The van der Waals surface area contributed by atoms with Gasteiger partial charge in [-0.1, -0.05) is 42.5 Å². The van der Waals surface area contributed by atoms with Gasteiger partial charge >= 0.3 is 6.36 Å². The molecule has 1 aliphatic rings. The Morgan fingerprint density at radius 2 is 1.89 bits per heavy atom. The van der Waals surface area contributed by atoms with Crippen LogP contribution >= 0.6 is 0 Å². The first-order valence-corrected chi connectivity index (χ1v) is 12.6. The van der Waals surface area contributed by atoms with Crippen LogP contribution in [0.25, 0.3) is 16.5 Å². The zero-order valence-corrected chi connectivity index (χ0v) is 20.0. The molecule has 36 heavy (non-hydrogen) atoms. The molecule has 0 fully saturated rings. The van der Waals surface area contributed by atoms with Crippen LogP contribution in [0.1, 0.15) is 33.6 Å². The number of ether oxygens (including phenoxy) is 1. The van der Waals surface area contributed by atoms with Crippen LogP contribution < -0.4 is 9.46 Å². The lowest BCUT2D eigenvalue weighted by Crippen LogP contribution is -2.32. The minimum absolute atomic E-state index is 0.0160. The molecule has 1 heterocycles. The van der Waals surface area contributed by atoms with Crippen molar-refractivity contribution in [2.75, 3.05) is 6.26 Å². The molecule has 1 amide bonds. The topological polar surface area (TPSA) is 94.5 Å². The van der Waals surface area contributed by atoms with E-state index in [4.69, 9.17) is 0 Å². The number of sulfonamides is 1. The molecule has 0 atom stereocenters. The predicted molar refractivity (Wildman–Crippen MR) is 128 cm³/mol. The highest BCUT2D eigenvalue weighted by atomic mass is 32.2. The Bertz CT molecular complexity index is 1550. The molecule has 0 saturated carbocycles. The van der Waals surface area contributed by atoms with E-state index in [9.17, 15) is 31.2 Å². The van der Waals surface area contributed by atoms with Gasteiger partial charge in [0.1, 0.15) is 11.4 Å². The molecule has 11 heteroatoms. The molecule has 7 nitrogen and oxygen atoms in total. The van der Waals surface area contributed by atoms with Gasteiger partial charge in [-0.2, -0.15) is 0 Å². The van der Waals surface area contributed by atoms with E-state index in [1.165, 1.54) is 16.7 Å². The lowest BCUT2D eigenvalue weighted by Gasteiger charge is -2.15. The number of allylic oxidation sites excluding steroid dienone is 4. The summed E-state index contributed by atoms with van der Waals surface area (Å²) in [6.45, 7) is 1.94. The summed E-state index contributed by atoms with van der Waals surface area (Å²) < 4.78 is 70.3. The van der Waals surface area contributed by atoms with Crippen LogP contribution in [-0.2, 0) is 21.4 Å². The smallest absolute Gasteiger partial charge is 0.406 e. The lowest BCUT2D eigenvalue weighted by molar-refractivity contribution is -0.274. The van der Waals surface area contributed by atoms with Crippen molar-refractivity contribution in [2.24, 2.45) is 0 Å². The molecule has 3 aromatic rings. The van der Waals surface area contributed by atoms with Gasteiger partial charge in [0.25, 0.3) is 5.91 Å². The lowest BCUT2D eigenvalue weighted by atomic mass is 9.93. The third-order valence-electron chi connectivity index (χ3n) is 5.62. The zero-order valence-electron chi connectivity index (χ0n) is 19.2. The summed E-state index contributed by atoms with van der Waals surface area (Å²) in [5.74, 6) is -1.93. The van der Waals surface area contributed by atoms with Gasteiger partial charge in [-0.3, -0.25) is 9.59 Å². The molecule has 4 rings (SSSR count). The Hall–Kier alpha value is -3.86. The number of carbonyl (C=O) groups excluding carboxylic acids is 2. The van der Waals surface area contributed by atoms with E-state index in [1.807, 2.05) is 29.8 Å². The summed E-state index contributed by atoms with van der Waals surface area (Å²) in [6, 6.07) is 10.8. The number of alkyl halides is 3. The average molecular weight is 519 g/mol. The first-order valence-electron chi connectivity index (χ1n) is 10.7. The summed E-state index contributed by atoms with van der Waals surface area (Å²) >= 11 is 0. The van der Waals surface area contributed by atoms with Crippen LogP contribution in [0.2, 0.25) is 0 Å². The van der Waals surface area contributed by atoms with Gasteiger partial charge < -0.3 is 9.30 Å². The van der Waals surface area contributed by atoms with E-state index in [-0.39, 0.29) is 41.0 Å². The van der Waals surface area contributed by atoms with Crippen LogP contribution in [0.15, 0.2) is 60.7 Å². The maximum Gasteiger partial charge on any atom is 0.573 e. The van der Waals surface area contributed by atoms with Crippen molar-refractivity contribution in [3.8, 4) is 5.75 Å². The van der Waals surface area contributed by atoms with Gasteiger partial charge in [0.15, 0.2) is 5.78 Å². The quantitative estimate of drug-likeness (QED) is 0.519. The van der Waals surface area contributed by atoms with Crippen LogP contribution in [-0.4, -0.2) is 37.3 Å². The number of aromatic nitrogens is 1. The van der Waals surface area contributed by atoms with Crippen molar-refractivity contribution in [2.45, 2.75) is 26.3 Å². The predicted octanol–water partition coefficient (Wildman–Crippen LogP) is 4.50. The fourth-order valence-corrected chi connectivity index (χ4v) is 4.58. The number of rotatable bonds is 6. The first kappa shape index (κ1) is 25.2. The van der Waals surface area contributed by atoms with Crippen LogP contribution in [0.4, 0.5) is 13.2 Å². The number of nitrogens with one attached hydrogen (secondary N) is 1. The number of hydrogen-bond acceptors (Lipinski definition) is 5. The Labute approximate surface area is 204 Å². The van der Waals surface area contributed by atoms with E-state index in [1.54, 1.807) is 18.2 Å². The molecular formula is C25H21F3N2O5S. The summed E-state index contributed by atoms with van der Waals surface area (Å²) in [4.78, 5) is 26.2. The largest absolute Gasteiger partial charge is 0.573 e. The maximum atomic E-state index is 13.3. The second kappa shape index (κ2) is 9.30. The third-order valence-corrected chi connectivity index (χ3v) is 6.18. The van der Waals surface area contributed by atoms with E-state index in [0.717, 1.165) is 29.5 Å². The van der Waals surface area contributed by atoms with E-state index in [2.05, 4.69) is 4.74 Å². The van der Waals surface area contributed by atoms with Gasteiger partial charge in [0, 0.05) is 35.0 Å². The SMILES string of the molecule is Cc1ccccc1Cn1c(C(=O)NS(C)(=O)=O)c(C2=CC=CCC2=O)c2cc(OC(F)(F)F)ccc21. The minimum atomic E-state index is -4.96. The van der Waals surface area contributed by atoms with E-state index < -0.39 is 28.0 Å². The highest BCUT2D eigenvalue weighted by Crippen LogP contribution is 2.38. The molecule has 2 aromatic carbocycles. The zero-order chi connectivity index (χ0) is 26.3. The van der Waals surface area contributed by atoms with Gasteiger partial charge in [0.05, 0.1) is 6.26 Å². The summed E-state index contributed by atoms with van der Waals surface area (Å²) in [7, 11) is -4.00. The number of carbonyl (C=O) groups is 2. The molecule has 0 aliphatic heterocycles. The molecule has 0 spiro atoms. The van der Waals surface area contributed by atoms with Gasteiger partial charge in [-0.15, -0.1) is 13.2 Å². The minimum Gasteiger partial charge on any atom is -0.406 e. The summed E-state index contributed by atoms with van der Waals surface area (Å²) in [5, 5.41) is 0.138. The van der Waals surface area contributed by atoms with Crippen molar-refractivity contribution in [3.63, 3.8) is 0 Å². The Kier molecular flexibility index (Phi) is 6.52. The van der Waals surface area contributed by atoms with Crippen LogP contribution in [0, 0.1) is 6.92 Å². The number of hydrogen-bond donors (Lipinski definition) is 1. The Balaban J connectivity index is 2.07. The highest BCUT2D eigenvalue weighted by molar-refractivity contribution is 7.89. The number of nitrogens with zero attached hydrogens (tertiary/aromatic N) is 1. The molecule has 1 aromatic heterocycles. The molecule has 1 aliphatic carbocycles. The molecule has 1 N–H and O–H groups in total. The number of aryl methyl sites for hydroxylation is 1. The second-order valence-electron chi connectivity index (χ2n) is 8.30. The number of benzene rings is 2. The van der Waals surface area contributed by atoms with Crippen molar-refractivity contribution < 1.29 is 35.9 Å². The standard InChI is InChI=1S/C25H21F3N2O5S/c1-15-7-3-4-8-16(15)14-30-20-12-11-17(35-25(26,27)28)13-19(20)22(18-9-5-6-10-21(18)31)23(30)24(32)29-36(2,33)34/h3-9,11-13H,10,14H2,1-2H3,(H,29,32). The van der Waals surface area contributed by atoms with Crippen LogP contribution in [0.3, 0.4) is 0 Å². The van der Waals surface area contributed by atoms with Crippen molar-refractivity contribution in [3.05, 3.63) is 83.1 Å². The molecule has 188 valence electrons. The monoisotopic (exact) mass is 518 g/mol. The number of halogens is 3. The molecular weight excluding hydrogens is 497 g/mol. The van der Waals surface area contributed by atoms with E-state index >= 15 is 0 Å². The number of fused-ring (bicyclic) bond motifs is 1. The number of amides is 1. The molecule has 0 radical (unpaired) electrons. The van der Waals surface area contributed by atoms with Gasteiger partial charge in [0.2, 0.25) is 10.0 Å². The fraction of sp³-hybridized carbons (Fsp3) is 0.200. The normalized spacial score (nSPS) is 14.1. The molecule has 0 unspecified atom stereocenters. The number of ketones is 1. The summed E-state index contributed by atoms with van der Waals surface area (Å²) in [6.07, 6.45) is 0.510. The first-order chi connectivity index (χ1) is 16.8. The summed E-state index contributed by atoms with van der Waals surface area (Å²) in [5.41, 5.74) is 1.93. The molecule has 0 bridgehead atoms. The fourth-order valence-electron chi connectivity index (χ4n) is 4.14. The molecule has 0 saturated heterocycles. The highest BCUT2D eigenvalue weighted by Gasteiger charge is 2.33. The Morgan fingerprint density at radius 3 is 2.53 bits per heavy atom.